The number of hydrogen-bond donors (Lipinski definition) is 0. The van der Waals surface area contributed by atoms with Crippen molar-refractivity contribution in [1.29, 1.82) is 0 Å². The van der Waals surface area contributed by atoms with Gasteiger partial charge in [0, 0.05) is 49.0 Å². The van der Waals surface area contributed by atoms with Crippen molar-refractivity contribution in [3.8, 4) is 0 Å². The largest absolute Gasteiger partial charge is 0.344 e. The molecule has 130 valence electrons. The zero-order valence-corrected chi connectivity index (χ0v) is 15.7. The van der Waals surface area contributed by atoms with Gasteiger partial charge in [-0.3, -0.25) is 9.88 Å². The molecule has 1 atom stereocenters. The predicted molar refractivity (Wildman–Crippen MR) is 104 cm³/mol. The minimum atomic E-state index is 0.595. The highest BCUT2D eigenvalue weighted by Gasteiger charge is 2.27. The highest BCUT2D eigenvalue weighted by atomic mass is 15.1. The second kappa shape index (κ2) is 6.30. The molecule has 3 heterocycles. The fourth-order valence-corrected chi connectivity index (χ4v) is 4.25. The van der Waals surface area contributed by atoms with Gasteiger partial charge in [-0.1, -0.05) is 12.1 Å². The number of aromatic nitrogens is 2. The van der Waals surface area contributed by atoms with Crippen LogP contribution in [-0.2, 0) is 25.9 Å². The van der Waals surface area contributed by atoms with Gasteiger partial charge in [0.05, 0.1) is 5.52 Å². The van der Waals surface area contributed by atoms with Crippen molar-refractivity contribution in [2.75, 3.05) is 7.05 Å². The molecule has 3 heteroatoms. The van der Waals surface area contributed by atoms with Gasteiger partial charge in [0.1, 0.15) is 0 Å². The lowest BCUT2D eigenvalue weighted by Crippen LogP contribution is -2.35. The van der Waals surface area contributed by atoms with E-state index >= 15 is 0 Å². The van der Waals surface area contributed by atoms with Crippen LogP contribution in [0.3, 0.4) is 0 Å². The molecule has 0 spiro atoms. The van der Waals surface area contributed by atoms with Gasteiger partial charge in [0.15, 0.2) is 0 Å². The van der Waals surface area contributed by atoms with E-state index in [0.29, 0.717) is 6.04 Å². The molecule has 0 saturated carbocycles. The first-order valence-electron chi connectivity index (χ1n) is 9.25. The SMILES string of the molecule is Cc1ccc(C)c2c1c1c(n2CCc2ccncc2)CC(C)N(C)C1. The van der Waals surface area contributed by atoms with Gasteiger partial charge < -0.3 is 4.57 Å². The molecular weight excluding hydrogens is 306 g/mol. The van der Waals surface area contributed by atoms with Crippen LogP contribution in [0.5, 0.6) is 0 Å². The zero-order chi connectivity index (χ0) is 17.6. The Labute approximate surface area is 150 Å². The lowest BCUT2D eigenvalue weighted by Gasteiger charge is -2.31. The minimum Gasteiger partial charge on any atom is -0.344 e. The van der Waals surface area contributed by atoms with E-state index in [2.05, 4.69) is 66.5 Å². The lowest BCUT2D eigenvalue weighted by atomic mass is 9.97. The Kier molecular flexibility index (Phi) is 4.12. The van der Waals surface area contributed by atoms with E-state index in [1.165, 1.54) is 27.6 Å². The molecule has 3 aromatic rings. The van der Waals surface area contributed by atoms with Gasteiger partial charge in [-0.15, -0.1) is 0 Å². The number of fused-ring (bicyclic) bond motifs is 3. The van der Waals surface area contributed by atoms with E-state index in [9.17, 15) is 0 Å². The van der Waals surface area contributed by atoms with E-state index in [4.69, 9.17) is 0 Å². The van der Waals surface area contributed by atoms with Crippen LogP contribution in [0.15, 0.2) is 36.7 Å². The van der Waals surface area contributed by atoms with Gasteiger partial charge >= 0.3 is 0 Å². The van der Waals surface area contributed by atoms with Crippen molar-refractivity contribution in [1.82, 2.24) is 14.5 Å². The second-order valence-electron chi connectivity index (χ2n) is 7.57. The van der Waals surface area contributed by atoms with Crippen molar-refractivity contribution in [2.45, 2.75) is 52.7 Å². The fraction of sp³-hybridized carbons (Fsp3) is 0.409. The molecule has 1 aliphatic heterocycles. The van der Waals surface area contributed by atoms with Crippen molar-refractivity contribution in [3.05, 3.63) is 64.6 Å². The van der Waals surface area contributed by atoms with Crippen LogP contribution >= 0.6 is 0 Å². The van der Waals surface area contributed by atoms with E-state index in [0.717, 1.165) is 25.9 Å². The molecule has 3 nitrogen and oxygen atoms in total. The molecule has 0 N–H and O–H groups in total. The molecule has 0 bridgehead atoms. The first-order chi connectivity index (χ1) is 12.1. The summed E-state index contributed by atoms with van der Waals surface area (Å²) in [5.41, 5.74) is 8.69. The number of hydrogen-bond acceptors (Lipinski definition) is 2. The molecular formula is C22H27N3. The molecule has 0 aliphatic carbocycles. The minimum absolute atomic E-state index is 0.595. The van der Waals surface area contributed by atoms with Gasteiger partial charge in [-0.2, -0.15) is 0 Å². The van der Waals surface area contributed by atoms with Crippen LogP contribution in [0.25, 0.3) is 10.9 Å². The molecule has 2 aromatic heterocycles. The number of likely N-dealkylation sites (N-methyl/N-ethyl adjacent to an activating group) is 1. The third-order valence-corrected chi connectivity index (χ3v) is 5.86. The molecule has 25 heavy (non-hydrogen) atoms. The second-order valence-corrected chi connectivity index (χ2v) is 7.57. The molecule has 1 aromatic carbocycles. The summed E-state index contributed by atoms with van der Waals surface area (Å²) in [5.74, 6) is 0. The third kappa shape index (κ3) is 2.77. The summed E-state index contributed by atoms with van der Waals surface area (Å²) in [6.45, 7) is 8.94. The van der Waals surface area contributed by atoms with Crippen LogP contribution in [0.4, 0.5) is 0 Å². The van der Waals surface area contributed by atoms with Crippen molar-refractivity contribution in [2.24, 2.45) is 0 Å². The molecule has 0 saturated heterocycles. The summed E-state index contributed by atoms with van der Waals surface area (Å²) >= 11 is 0. The van der Waals surface area contributed by atoms with Gasteiger partial charge in [0.2, 0.25) is 0 Å². The Morgan fingerprint density at radius 2 is 1.80 bits per heavy atom. The van der Waals surface area contributed by atoms with E-state index in [-0.39, 0.29) is 0 Å². The summed E-state index contributed by atoms with van der Waals surface area (Å²) in [4.78, 5) is 6.63. The maximum absolute atomic E-state index is 4.14. The van der Waals surface area contributed by atoms with E-state index < -0.39 is 0 Å². The zero-order valence-electron chi connectivity index (χ0n) is 15.7. The average molecular weight is 333 g/mol. The predicted octanol–water partition coefficient (Wildman–Crippen LogP) is 4.27. The number of pyridine rings is 1. The number of aryl methyl sites for hydroxylation is 4. The topological polar surface area (TPSA) is 21.1 Å². The van der Waals surface area contributed by atoms with Gasteiger partial charge in [-0.05, 0) is 68.6 Å². The van der Waals surface area contributed by atoms with Gasteiger partial charge in [0.25, 0.3) is 0 Å². The normalized spacial score (nSPS) is 17.8. The summed E-state index contributed by atoms with van der Waals surface area (Å²) in [6.07, 6.45) is 5.97. The van der Waals surface area contributed by atoms with Crippen LogP contribution in [0.1, 0.15) is 34.9 Å². The summed E-state index contributed by atoms with van der Waals surface area (Å²) in [6, 6.07) is 9.42. The average Bonchev–Trinajstić information content (AvgIpc) is 2.92. The summed E-state index contributed by atoms with van der Waals surface area (Å²) in [5, 5.41) is 1.49. The molecule has 4 rings (SSSR count). The van der Waals surface area contributed by atoms with Crippen LogP contribution < -0.4 is 0 Å². The molecule has 1 unspecified atom stereocenters. The highest BCUT2D eigenvalue weighted by molar-refractivity contribution is 5.91. The smallest absolute Gasteiger partial charge is 0.0518 e. The number of benzene rings is 1. The van der Waals surface area contributed by atoms with E-state index in [1.54, 1.807) is 11.3 Å². The number of nitrogens with zero attached hydrogens (tertiary/aromatic N) is 3. The Morgan fingerprint density at radius 1 is 1.08 bits per heavy atom. The maximum atomic E-state index is 4.14. The fourth-order valence-electron chi connectivity index (χ4n) is 4.25. The molecule has 0 amide bonds. The Morgan fingerprint density at radius 3 is 2.56 bits per heavy atom. The van der Waals surface area contributed by atoms with Crippen LogP contribution in [-0.4, -0.2) is 27.5 Å². The highest BCUT2D eigenvalue weighted by Crippen LogP contribution is 2.36. The standard InChI is InChI=1S/C22H27N3/c1-15-5-6-16(2)22-21(15)19-14-24(4)17(3)13-20(19)25(22)12-9-18-7-10-23-11-8-18/h5-8,10-11,17H,9,12-14H2,1-4H3. The monoisotopic (exact) mass is 333 g/mol. The molecule has 0 fully saturated rings. The van der Waals surface area contributed by atoms with Crippen molar-refractivity contribution in [3.63, 3.8) is 0 Å². The van der Waals surface area contributed by atoms with Crippen LogP contribution in [0, 0.1) is 13.8 Å². The van der Waals surface area contributed by atoms with Crippen molar-refractivity contribution >= 4 is 10.9 Å². The van der Waals surface area contributed by atoms with Crippen LogP contribution in [0.2, 0.25) is 0 Å². The molecule has 0 radical (unpaired) electrons. The molecule has 1 aliphatic rings. The van der Waals surface area contributed by atoms with Gasteiger partial charge in [-0.25, -0.2) is 0 Å². The maximum Gasteiger partial charge on any atom is 0.0518 e. The first kappa shape index (κ1) is 16.3. The number of rotatable bonds is 3. The third-order valence-electron chi connectivity index (χ3n) is 5.86. The lowest BCUT2D eigenvalue weighted by molar-refractivity contribution is 0.228. The Balaban J connectivity index is 1.85. The Bertz CT molecular complexity index is 908. The quantitative estimate of drug-likeness (QED) is 0.713. The van der Waals surface area contributed by atoms with E-state index in [1.807, 2.05) is 12.4 Å². The summed E-state index contributed by atoms with van der Waals surface area (Å²) in [7, 11) is 2.25. The summed E-state index contributed by atoms with van der Waals surface area (Å²) < 4.78 is 2.61. The van der Waals surface area contributed by atoms with Crippen molar-refractivity contribution < 1.29 is 0 Å². The first-order valence-corrected chi connectivity index (χ1v) is 9.25. The Hall–Kier alpha value is -2.13.